The number of hydrogen-bond donors (Lipinski definition) is 3. The summed E-state index contributed by atoms with van der Waals surface area (Å²) in [6.07, 6.45) is 6.93. The van der Waals surface area contributed by atoms with E-state index in [1.165, 1.54) is 25.4 Å². The molecule has 0 fully saturated rings. The van der Waals surface area contributed by atoms with Crippen molar-refractivity contribution in [2.75, 3.05) is 17.7 Å². The Bertz CT molecular complexity index is 1690. The lowest BCUT2D eigenvalue weighted by molar-refractivity contribution is -0.383. The fraction of sp³-hybridized carbons (Fsp3) is 0.0741. The average molecular weight is 495 g/mol. The van der Waals surface area contributed by atoms with Gasteiger partial charge in [-0.15, -0.1) is 0 Å². The van der Waals surface area contributed by atoms with Gasteiger partial charge in [0.05, 0.1) is 17.5 Å². The molecular weight excluding hydrogens is 472 g/mol. The summed E-state index contributed by atoms with van der Waals surface area (Å²) in [6.45, 7) is 1.30. The predicted molar refractivity (Wildman–Crippen MR) is 144 cm³/mol. The summed E-state index contributed by atoms with van der Waals surface area (Å²) < 4.78 is 5.57. The van der Waals surface area contributed by atoms with Crippen molar-refractivity contribution in [1.82, 2.24) is 15.0 Å². The van der Waals surface area contributed by atoms with Crippen LogP contribution in [0.1, 0.15) is 18.1 Å². The highest BCUT2D eigenvalue weighted by Crippen LogP contribution is 2.32. The lowest BCUT2D eigenvalue weighted by atomic mass is 10.1. The molecule has 0 aliphatic carbocycles. The molecule has 0 atom stereocenters. The molecule has 0 spiro atoms. The van der Waals surface area contributed by atoms with E-state index in [1.54, 1.807) is 25.3 Å². The largest absolute Gasteiger partial charge is 0.496 e. The number of methoxy groups -OCH3 is 1. The van der Waals surface area contributed by atoms with E-state index in [-0.39, 0.29) is 17.3 Å². The normalized spacial score (nSPS) is 11.2. The van der Waals surface area contributed by atoms with Crippen LogP contribution < -0.4 is 15.4 Å². The van der Waals surface area contributed by atoms with Crippen LogP contribution in [0.3, 0.4) is 0 Å². The van der Waals surface area contributed by atoms with Crippen molar-refractivity contribution < 1.29 is 14.5 Å². The predicted octanol–water partition coefficient (Wildman–Crippen LogP) is 5.90. The third kappa shape index (κ3) is 4.94. The van der Waals surface area contributed by atoms with Gasteiger partial charge in [-0.3, -0.25) is 14.9 Å². The van der Waals surface area contributed by atoms with E-state index >= 15 is 0 Å². The van der Waals surface area contributed by atoms with Gasteiger partial charge < -0.3 is 20.4 Å². The fourth-order valence-electron chi connectivity index (χ4n) is 4.06. The zero-order chi connectivity index (χ0) is 25.9. The van der Waals surface area contributed by atoms with E-state index in [1.807, 2.05) is 42.6 Å². The molecule has 0 saturated heterocycles. The van der Waals surface area contributed by atoms with Gasteiger partial charge >= 0.3 is 0 Å². The van der Waals surface area contributed by atoms with Crippen LogP contribution >= 0.6 is 0 Å². The van der Waals surface area contributed by atoms with Crippen LogP contribution in [0.2, 0.25) is 0 Å². The van der Waals surface area contributed by atoms with E-state index in [0.29, 0.717) is 22.6 Å². The lowest BCUT2D eigenvalue weighted by Gasteiger charge is -2.12. The standard InChI is InChI=1S/C27H22N6O4/c1-16(34)31-23-7-4-17(11-25(23)33(35)36)3-5-19-13-21-24(14-26(19)37-2)29-15-30-27(21)32-20-6-8-22-18(12-20)9-10-28-22/h3-15,28H,1-2H3,(H,31,34)(H,29,30,32). The van der Waals surface area contributed by atoms with Crippen molar-refractivity contribution in [3.63, 3.8) is 0 Å². The molecule has 1 amide bonds. The number of fused-ring (bicyclic) bond motifs is 2. The summed E-state index contributed by atoms with van der Waals surface area (Å²) in [4.78, 5) is 34.4. The van der Waals surface area contributed by atoms with Crippen molar-refractivity contribution in [1.29, 1.82) is 0 Å². The molecule has 0 unspecified atom stereocenters. The summed E-state index contributed by atoms with van der Waals surface area (Å²) in [5.41, 5.74) is 3.90. The Morgan fingerprint density at radius 1 is 1.08 bits per heavy atom. The van der Waals surface area contributed by atoms with Gasteiger partial charge in [-0.25, -0.2) is 9.97 Å². The zero-order valence-electron chi connectivity index (χ0n) is 20.0. The highest BCUT2D eigenvalue weighted by Gasteiger charge is 2.15. The topological polar surface area (TPSA) is 135 Å². The van der Waals surface area contributed by atoms with Crippen LogP contribution in [-0.2, 0) is 4.79 Å². The first-order valence-corrected chi connectivity index (χ1v) is 11.3. The number of carbonyl (C=O) groups excluding carboxylic acids is 1. The van der Waals surface area contributed by atoms with Gasteiger partial charge in [-0.1, -0.05) is 18.2 Å². The van der Waals surface area contributed by atoms with E-state index in [0.717, 1.165) is 27.5 Å². The second-order valence-electron chi connectivity index (χ2n) is 8.29. The first-order chi connectivity index (χ1) is 17.9. The number of nitrogens with one attached hydrogen (secondary N) is 3. The minimum Gasteiger partial charge on any atom is -0.496 e. The van der Waals surface area contributed by atoms with Gasteiger partial charge in [0, 0.05) is 52.8 Å². The van der Waals surface area contributed by atoms with Gasteiger partial charge in [0.25, 0.3) is 5.69 Å². The number of amides is 1. The molecule has 5 aromatic rings. The average Bonchev–Trinajstić information content (AvgIpc) is 3.35. The first kappa shape index (κ1) is 23.5. The molecule has 10 nitrogen and oxygen atoms in total. The Morgan fingerprint density at radius 3 is 2.73 bits per heavy atom. The van der Waals surface area contributed by atoms with Gasteiger partial charge in [0.15, 0.2) is 0 Å². The maximum Gasteiger partial charge on any atom is 0.293 e. The van der Waals surface area contributed by atoms with Crippen LogP contribution in [0, 0.1) is 10.1 Å². The lowest BCUT2D eigenvalue weighted by Crippen LogP contribution is -2.08. The van der Waals surface area contributed by atoms with Crippen molar-refractivity contribution in [3.8, 4) is 5.75 Å². The Hall–Kier alpha value is -5.25. The van der Waals surface area contributed by atoms with Crippen LogP contribution in [0.4, 0.5) is 22.9 Å². The highest BCUT2D eigenvalue weighted by molar-refractivity contribution is 5.96. The number of nitro benzene ring substituents is 1. The molecule has 3 aromatic carbocycles. The first-order valence-electron chi connectivity index (χ1n) is 11.3. The number of carbonyl (C=O) groups is 1. The van der Waals surface area contributed by atoms with Gasteiger partial charge in [-0.05, 0) is 42.0 Å². The Morgan fingerprint density at radius 2 is 1.95 bits per heavy atom. The number of aromatic amines is 1. The maximum absolute atomic E-state index is 11.5. The second kappa shape index (κ2) is 9.78. The minimum absolute atomic E-state index is 0.142. The maximum atomic E-state index is 11.5. The smallest absolute Gasteiger partial charge is 0.293 e. The van der Waals surface area contributed by atoms with Crippen LogP contribution in [0.5, 0.6) is 5.75 Å². The number of aromatic nitrogens is 3. The highest BCUT2D eigenvalue weighted by atomic mass is 16.6. The van der Waals surface area contributed by atoms with Gasteiger partial charge in [-0.2, -0.15) is 0 Å². The molecule has 0 radical (unpaired) electrons. The molecular formula is C27H22N6O4. The summed E-state index contributed by atoms with van der Waals surface area (Å²) >= 11 is 0. The number of nitrogens with zero attached hydrogens (tertiary/aromatic N) is 3. The third-order valence-corrected chi connectivity index (χ3v) is 5.79. The molecule has 2 heterocycles. The summed E-state index contributed by atoms with van der Waals surface area (Å²) in [7, 11) is 1.57. The molecule has 0 saturated carbocycles. The number of nitro groups is 1. The zero-order valence-corrected chi connectivity index (χ0v) is 20.0. The fourth-order valence-corrected chi connectivity index (χ4v) is 4.06. The quantitative estimate of drug-likeness (QED) is 0.146. The summed E-state index contributed by atoms with van der Waals surface area (Å²) in [6, 6.07) is 16.3. The number of hydrogen-bond acceptors (Lipinski definition) is 7. The molecule has 37 heavy (non-hydrogen) atoms. The van der Waals surface area contributed by atoms with Gasteiger partial charge in [0.1, 0.15) is 23.6 Å². The van der Waals surface area contributed by atoms with Gasteiger partial charge in [0.2, 0.25) is 5.91 Å². The van der Waals surface area contributed by atoms with Crippen molar-refractivity contribution in [3.05, 3.63) is 88.4 Å². The minimum atomic E-state index is -0.528. The molecule has 184 valence electrons. The number of anilines is 3. The Kier molecular flexibility index (Phi) is 6.21. The molecule has 2 aromatic heterocycles. The number of rotatable bonds is 7. The molecule has 3 N–H and O–H groups in total. The van der Waals surface area contributed by atoms with Crippen LogP contribution in [0.25, 0.3) is 34.0 Å². The Balaban J connectivity index is 1.51. The molecule has 0 aliphatic heterocycles. The van der Waals surface area contributed by atoms with Crippen LogP contribution in [0.15, 0.2) is 67.1 Å². The van der Waals surface area contributed by atoms with E-state index in [4.69, 9.17) is 4.74 Å². The second-order valence-corrected chi connectivity index (χ2v) is 8.29. The van der Waals surface area contributed by atoms with Crippen molar-refractivity contribution >= 4 is 62.7 Å². The van der Waals surface area contributed by atoms with E-state index in [9.17, 15) is 14.9 Å². The van der Waals surface area contributed by atoms with E-state index in [2.05, 4.69) is 25.6 Å². The summed E-state index contributed by atoms with van der Waals surface area (Å²) in [5, 5.41) is 19.2. The molecule has 10 heteroatoms. The van der Waals surface area contributed by atoms with Crippen molar-refractivity contribution in [2.24, 2.45) is 0 Å². The third-order valence-electron chi connectivity index (χ3n) is 5.79. The number of H-pyrrole nitrogens is 1. The number of ether oxygens (including phenoxy) is 1. The molecule has 0 bridgehead atoms. The molecule has 0 aliphatic rings. The van der Waals surface area contributed by atoms with Crippen LogP contribution in [-0.4, -0.2) is 32.9 Å². The number of benzene rings is 3. The molecule has 5 rings (SSSR count). The van der Waals surface area contributed by atoms with Crippen molar-refractivity contribution in [2.45, 2.75) is 6.92 Å². The monoisotopic (exact) mass is 494 g/mol. The summed E-state index contributed by atoms with van der Waals surface area (Å²) in [5.74, 6) is 0.839. The SMILES string of the molecule is COc1cc2ncnc(Nc3ccc4[nH]ccc4c3)c2cc1C=Cc1ccc(NC(C)=O)c([N+](=O)[O-])c1. The Labute approximate surface area is 211 Å². The van der Waals surface area contributed by atoms with E-state index < -0.39 is 4.92 Å².